The highest BCUT2D eigenvalue weighted by Gasteiger charge is 2.41. The molecule has 2 nitrogen and oxygen atoms in total. The minimum Gasteiger partial charge on any atom is -0.329 e. The molecule has 20 heavy (non-hydrogen) atoms. The Labute approximate surface area is 124 Å². The third-order valence-corrected chi connectivity index (χ3v) is 5.03. The second-order valence-electron chi connectivity index (χ2n) is 7.46. The maximum Gasteiger partial charge on any atom is 0.0337 e. The summed E-state index contributed by atoms with van der Waals surface area (Å²) in [5, 5.41) is 0. The third kappa shape index (κ3) is 3.42. The van der Waals surface area contributed by atoms with E-state index in [0.29, 0.717) is 5.41 Å². The third-order valence-electron chi connectivity index (χ3n) is 5.03. The summed E-state index contributed by atoms with van der Waals surface area (Å²) >= 11 is 0. The first-order valence-corrected chi connectivity index (χ1v) is 7.84. The lowest BCUT2D eigenvalue weighted by Gasteiger charge is -2.49. The summed E-state index contributed by atoms with van der Waals surface area (Å²) in [6.07, 6.45) is 5.06. The fourth-order valence-electron chi connectivity index (χ4n) is 3.75. The first-order valence-electron chi connectivity index (χ1n) is 7.84. The van der Waals surface area contributed by atoms with Crippen LogP contribution in [0.2, 0.25) is 0 Å². The van der Waals surface area contributed by atoms with Crippen molar-refractivity contribution in [1.29, 1.82) is 0 Å². The number of nitrogens with two attached hydrogens (primary N) is 1. The van der Waals surface area contributed by atoms with Crippen molar-refractivity contribution in [3.05, 3.63) is 35.4 Å². The van der Waals surface area contributed by atoms with Crippen LogP contribution in [0.4, 0.5) is 0 Å². The number of hydrogen-bond donors (Lipinski definition) is 1. The van der Waals surface area contributed by atoms with Crippen LogP contribution in [0.15, 0.2) is 24.3 Å². The molecule has 0 aromatic heterocycles. The van der Waals surface area contributed by atoms with Gasteiger partial charge in [-0.05, 0) is 44.2 Å². The van der Waals surface area contributed by atoms with Crippen molar-refractivity contribution < 1.29 is 0 Å². The molecule has 1 aliphatic rings. The molecule has 1 unspecified atom stereocenters. The van der Waals surface area contributed by atoms with Crippen molar-refractivity contribution in [2.45, 2.75) is 58.5 Å². The van der Waals surface area contributed by atoms with Crippen molar-refractivity contribution in [2.75, 3.05) is 13.6 Å². The Morgan fingerprint density at radius 1 is 1.15 bits per heavy atom. The maximum atomic E-state index is 6.20. The Bertz CT molecular complexity index is 435. The summed E-state index contributed by atoms with van der Waals surface area (Å²) in [7, 11) is 2.24. The quantitative estimate of drug-likeness (QED) is 0.906. The topological polar surface area (TPSA) is 29.3 Å². The summed E-state index contributed by atoms with van der Waals surface area (Å²) < 4.78 is 0. The number of nitrogens with zero attached hydrogens (tertiary/aromatic N) is 1. The maximum absolute atomic E-state index is 6.20. The van der Waals surface area contributed by atoms with Gasteiger partial charge in [0.1, 0.15) is 0 Å². The molecule has 1 fully saturated rings. The van der Waals surface area contributed by atoms with Crippen LogP contribution in [0.25, 0.3) is 0 Å². The van der Waals surface area contributed by atoms with Gasteiger partial charge < -0.3 is 5.73 Å². The largest absolute Gasteiger partial charge is 0.329 e. The molecule has 1 aromatic rings. The minimum atomic E-state index is 0.173. The monoisotopic (exact) mass is 274 g/mol. The summed E-state index contributed by atoms with van der Waals surface area (Å²) in [5.41, 5.74) is 9.49. The number of rotatable bonds is 4. The Morgan fingerprint density at radius 2 is 1.80 bits per heavy atom. The molecule has 1 aromatic carbocycles. The van der Waals surface area contributed by atoms with E-state index in [1.54, 1.807) is 0 Å². The molecular weight excluding hydrogens is 244 g/mol. The van der Waals surface area contributed by atoms with E-state index in [4.69, 9.17) is 5.73 Å². The normalized spacial score (nSPS) is 25.9. The average molecular weight is 274 g/mol. The van der Waals surface area contributed by atoms with Gasteiger partial charge in [-0.1, -0.05) is 50.1 Å². The highest BCUT2D eigenvalue weighted by Crippen LogP contribution is 2.43. The molecule has 0 amide bonds. The van der Waals surface area contributed by atoms with Crippen LogP contribution >= 0.6 is 0 Å². The highest BCUT2D eigenvalue weighted by molar-refractivity contribution is 5.21. The first-order chi connectivity index (χ1) is 9.37. The van der Waals surface area contributed by atoms with E-state index in [2.05, 4.69) is 57.0 Å². The predicted molar refractivity (Wildman–Crippen MR) is 86.7 cm³/mol. The molecule has 2 rings (SSSR count). The van der Waals surface area contributed by atoms with E-state index < -0.39 is 0 Å². The van der Waals surface area contributed by atoms with E-state index in [1.165, 1.54) is 36.8 Å². The second-order valence-corrected chi connectivity index (χ2v) is 7.46. The van der Waals surface area contributed by atoms with Crippen molar-refractivity contribution in [3.8, 4) is 0 Å². The van der Waals surface area contributed by atoms with Gasteiger partial charge in [0.05, 0.1) is 0 Å². The van der Waals surface area contributed by atoms with Crippen LogP contribution in [0.5, 0.6) is 0 Å². The van der Waals surface area contributed by atoms with Crippen LogP contribution in [0.3, 0.4) is 0 Å². The average Bonchev–Trinajstić information content (AvgIpc) is 2.40. The van der Waals surface area contributed by atoms with Gasteiger partial charge in [0, 0.05) is 18.6 Å². The molecule has 0 radical (unpaired) electrons. The standard InChI is InChI=1S/C18H30N2/c1-15-6-8-16(9-7-15)12-20(4)18(14-19)11-5-10-17(2,3)13-18/h6-9H,5,10-14,19H2,1-4H3. The van der Waals surface area contributed by atoms with Gasteiger partial charge in [0.2, 0.25) is 0 Å². The number of aryl methyl sites for hydroxylation is 1. The molecule has 2 N–H and O–H groups in total. The molecule has 0 spiro atoms. The van der Waals surface area contributed by atoms with Gasteiger partial charge in [0.25, 0.3) is 0 Å². The minimum absolute atomic E-state index is 0.173. The van der Waals surface area contributed by atoms with Crippen LogP contribution in [0, 0.1) is 12.3 Å². The molecule has 0 aliphatic heterocycles. The molecule has 1 aliphatic carbocycles. The van der Waals surface area contributed by atoms with Gasteiger partial charge in [-0.15, -0.1) is 0 Å². The van der Waals surface area contributed by atoms with E-state index >= 15 is 0 Å². The van der Waals surface area contributed by atoms with Gasteiger partial charge in [-0.2, -0.15) is 0 Å². The zero-order valence-corrected chi connectivity index (χ0v) is 13.6. The molecule has 112 valence electrons. The van der Waals surface area contributed by atoms with E-state index in [0.717, 1.165) is 13.1 Å². The summed E-state index contributed by atoms with van der Waals surface area (Å²) in [5.74, 6) is 0. The molecular formula is C18H30N2. The van der Waals surface area contributed by atoms with Gasteiger partial charge >= 0.3 is 0 Å². The number of benzene rings is 1. The first kappa shape index (κ1) is 15.5. The molecule has 1 saturated carbocycles. The predicted octanol–water partition coefficient (Wildman–Crippen LogP) is 3.72. The molecule has 0 heterocycles. The van der Waals surface area contributed by atoms with E-state index in [1.807, 2.05) is 0 Å². The zero-order valence-electron chi connectivity index (χ0n) is 13.6. The fourth-order valence-corrected chi connectivity index (χ4v) is 3.75. The fraction of sp³-hybridized carbons (Fsp3) is 0.667. The van der Waals surface area contributed by atoms with Gasteiger partial charge in [-0.25, -0.2) is 0 Å². The van der Waals surface area contributed by atoms with Gasteiger partial charge in [0.15, 0.2) is 0 Å². The Balaban J connectivity index is 2.12. The van der Waals surface area contributed by atoms with Crippen LogP contribution in [0.1, 0.15) is 50.7 Å². The Morgan fingerprint density at radius 3 is 2.35 bits per heavy atom. The lowest BCUT2D eigenvalue weighted by atomic mass is 9.67. The second kappa shape index (κ2) is 5.87. The summed E-state index contributed by atoms with van der Waals surface area (Å²) in [4.78, 5) is 2.50. The molecule has 0 bridgehead atoms. The number of hydrogen-bond acceptors (Lipinski definition) is 2. The Kier molecular flexibility index (Phi) is 4.55. The van der Waals surface area contributed by atoms with Crippen molar-refractivity contribution in [3.63, 3.8) is 0 Å². The van der Waals surface area contributed by atoms with Crippen molar-refractivity contribution in [1.82, 2.24) is 4.90 Å². The molecule has 0 saturated heterocycles. The lowest BCUT2D eigenvalue weighted by molar-refractivity contribution is 0.0223. The van der Waals surface area contributed by atoms with E-state index in [-0.39, 0.29) is 5.54 Å². The highest BCUT2D eigenvalue weighted by atomic mass is 15.2. The van der Waals surface area contributed by atoms with Crippen molar-refractivity contribution >= 4 is 0 Å². The Hall–Kier alpha value is -0.860. The summed E-state index contributed by atoms with van der Waals surface area (Å²) in [6.45, 7) is 8.66. The summed E-state index contributed by atoms with van der Waals surface area (Å²) in [6, 6.07) is 8.88. The lowest BCUT2D eigenvalue weighted by Crippen LogP contribution is -2.55. The SMILES string of the molecule is Cc1ccc(CN(C)C2(CN)CCCC(C)(C)C2)cc1. The molecule has 1 atom stereocenters. The van der Waals surface area contributed by atoms with Gasteiger partial charge in [-0.3, -0.25) is 4.90 Å². The zero-order chi connectivity index (χ0) is 14.8. The van der Waals surface area contributed by atoms with Crippen molar-refractivity contribution in [2.24, 2.45) is 11.1 Å². The molecule has 2 heteroatoms. The van der Waals surface area contributed by atoms with Crippen LogP contribution in [-0.4, -0.2) is 24.0 Å². The number of likely N-dealkylation sites (N-methyl/N-ethyl adjacent to an activating group) is 1. The van der Waals surface area contributed by atoms with Crippen LogP contribution in [-0.2, 0) is 6.54 Å². The smallest absolute Gasteiger partial charge is 0.0337 e. The van der Waals surface area contributed by atoms with E-state index in [9.17, 15) is 0 Å². The van der Waals surface area contributed by atoms with Crippen LogP contribution < -0.4 is 5.73 Å².